The van der Waals surface area contributed by atoms with Gasteiger partial charge < -0.3 is 10.8 Å². The molecule has 0 aromatic rings. The molecule has 13 heavy (non-hydrogen) atoms. The molecule has 2 fully saturated rings. The minimum Gasteiger partial charge on any atom is -0.390 e. The molecular weight excluding hydrogens is 162 g/mol. The van der Waals surface area contributed by atoms with Crippen LogP contribution < -0.4 is 5.73 Å². The van der Waals surface area contributed by atoms with Gasteiger partial charge in [-0.25, -0.2) is 0 Å². The fraction of sp³-hybridized carbons (Fsp3) is 1.00. The summed E-state index contributed by atoms with van der Waals surface area (Å²) in [5.41, 5.74) is 5.78. The summed E-state index contributed by atoms with van der Waals surface area (Å²) in [6.45, 7) is 4.21. The van der Waals surface area contributed by atoms with Gasteiger partial charge in [-0.2, -0.15) is 0 Å². The van der Waals surface area contributed by atoms with Crippen molar-refractivity contribution in [1.82, 2.24) is 0 Å². The van der Waals surface area contributed by atoms with Crippen LogP contribution in [-0.4, -0.2) is 16.2 Å². The summed E-state index contributed by atoms with van der Waals surface area (Å²) >= 11 is 0. The summed E-state index contributed by atoms with van der Waals surface area (Å²) in [6.07, 6.45) is 5.41. The number of nitrogens with two attached hydrogens (primary N) is 1. The van der Waals surface area contributed by atoms with E-state index in [1.165, 1.54) is 0 Å². The van der Waals surface area contributed by atoms with Gasteiger partial charge in [0.05, 0.1) is 5.60 Å². The van der Waals surface area contributed by atoms with Crippen molar-refractivity contribution in [2.24, 2.45) is 17.6 Å². The molecule has 2 atom stereocenters. The Kier molecular flexibility index (Phi) is 1.97. The third-order valence-electron chi connectivity index (χ3n) is 4.08. The molecule has 2 saturated carbocycles. The highest BCUT2D eigenvalue weighted by atomic mass is 16.3. The van der Waals surface area contributed by atoms with Gasteiger partial charge in [0.25, 0.3) is 0 Å². The molecule has 2 aliphatic carbocycles. The van der Waals surface area contributed by atoms with Gasteiger partial charge >= 0.3 is 0 Å². The number of hydrogen-bond acceptors (Lipinski definition) is 2. The largest absolute Gasteiger partial charge is 0.390 e. The summed E-state index contributed by atoms with van der Waals surface area (Å²) < 4.78 is 0. The first kappa shape index (κ1) is 9.47. The molecule has 0 aromatic heterocycles. The standard InChI is InChI=1S/C11H21NO/c1-8-6-11(12,7-8)9-4-3-5-10(9,2)13/h8-9,13H,3-7,12H2,1-2H3. The highest BCUT2D eigenvalue weighted by Crippen LogP contribution is 2.50. The Morgan fingerprint density at radius 2 is 2.00 bits per heavy atom. The maximum absolute atomic E-state index is 10.2. The Morgan fingerprint density at radius 1 is 1.38 bits per heavy atom. The van der Waals surface area contributed by atoms with Crippen LogP contribution in [-0.2, 0) is 0 Å². The van der Waals surface area contributed by atoms with Crippen LogP contribution in [0.3, 0.4) is 0 Å². The molecule has 2 heteroatoms. The third kappa shape index (κ3) is 1.40. The summed E-state index contributed by atoms with van der Waals surface area (Å²) in [7, 11) is 0. The molecule has 0 aromatic carbocycles. The Hall–Kier alpha value is -0.0800. The molecule has 2 aliphatic rings. The molecule has 0 spiro atoms. The van der Waals surface area contributed by atoms with E-state index in [9.17, 15) is 5.11 Å². The van der Waals surface area contributed by atoms with Gasteiger partial charge in [-0.3, -0.25) is 0 Å². The van der Waals surface area contributed by atoms with Crippen LogP contribution in [0.1, 0.15) is 46.0 Å². The zero-order chi connectivity index (χ0) is 9.69. The van der Waals surface area contributed by atoms with E-state index >= 15 is 0 Å². The van der Waals surface area contributed by atoms with Crippen LogP contribution in [0.5, 0.6) is 0 Å². The Labute approximate surface area is 80.5 Å². The first-order valence-electron chi connectivity index (χ1n) is 5.45. The Balaban J connectivity index is 2.08. The quantitative estimate of drug-likeness (QED) is 0.649. The lowest BCUT2D eigenvalue weighted by Gasteiger charge is -2.51. The Bertz CT molecular complexity index is 206. The van der Waals surface area contributed by atoms with Crippen molar-refractivity contribution in [3.05, 3.63) is 0 Å². The fourth-order valence-electron chi connectivity index (χ4n) is 3.58. The van der Waals surface area contributed by atoms with Crippen LogP contribution in [0.4, 0.5) is 0 Å². The number of rotatable bonds is 1. The molecule has 0 bridgehead atoms. The maximum atomic E-state index is 10.2. The molecule has 0 heterocycles. The highest BCUT2D eigenvalue weighted by Gasteiger charge is 2.53. The van der Waals surface area contributed by atoms with Crippen molar-refractivity contribution in [1.29, 1.82) is 0 Å². The minimum atomic E-state index is -0.491. The van der Waals surface area contributed by atoms with Crippen molar-refractivity contribution in [3.63, 3.8) is 0 Å². The van der Waals surface area contributed by atoms with E-state index in [1.54, 1.807) is 0 Å². The third-order valence-corrected chi connectivity index (χ3v) is 4.08. The van der Waals surface area contributed by atoms with Crippen LogP contribution in [0, 0.1) is 11.8 Å². The minimum absolute atomic E-state index is 0.0422. The maximum Gasteiger partial charge on any atom is 0.0665 e. The molecular formula is C11H21NO. The second-order valence-corrected chi connectivity index (χ2v) is 5.55. The van der Waals surface area contributed by atoms with Gasteiger partial charge in [0.2, 0.25) is 0 Å². The lowest BCUT2D eigenvalue weighted by molar-refractivity contribution is -0.0477. The molecule has 2 nitrogen and oxygen atoms in total. The second kappa shape index (κ2) is 2.71. The molecule has 0 amide bonds. The molecule has 0 radical (unpaired) electrons. The van der Waals surface area contributed by atoms with Gasteiger partial charge in [-0.1, -0.05) is 13.3 Å². The first-order chi connectivity index (χ1) is 5.94. The zero-order valence-corrected chi connectivity index (χ0v) is 8.71. The van der Waals surface area contributed by atoms with E-state index in [0.717, 1.165) is 38.0 Å². The predicted molar refractivity (Wildman–Crippen MR) is 53.3 cm³/mol. The van der Waals surface area contributed by atoms with Crippen molar-refractivity contribution < 1.29 is 5.11 Å². The monoisotopic (exact) mass is 183 g/mol. The first-order valence-corrected chi connectivity index (χ1v) is 5.45. The van der Waals surface area contributed by atoms with Crippen molar-refractivity contribution >= 4 is 0 Å². The molecule has 2 unspecified atom stereocenters. The van der Waals surface area contributed by atoms with Gasteiger partial charge in [0, 0.05) is 11.5 Å². The van der Waals surface area contributed by atoms with Crippen molar-refractivity contribution in [2.45, 2.75) is 57.1 Å². The summed E-state index contributed by atoms with van der Waals surface area (Å²) in [4.78, 5) is 0. The van der Waals surface area contributed by atoms with E-state index < -0.39 is 5.60 Å². The number of hydrogen-bond donors (Lipinski definition) is 2. The van der Waals surface area contributed by atoms with Crippen molar-refractivity contribution in [3.8, 4) is 0 Å². The van der Waals surface area contributed by atoms with Gasteiger partial charge in [-0.05, 0) is 38.5 Å². The van der Waals surface area contributed by atoms with Gasteiger partial charge in [0.15, 0.2) is 0 Å². The van der Waals surface area contributed by atoms with Crippen LogP contribution >= 0.6 is 0 Å². The van der Waals surface area contributed by atoms with Gasteiger partial charge in [0.1, 0.15) is 0 Å². The molecule has 0 saturated heterocycles. The summed E-state index contributed by atoms with van der Waals surface area (Å²) in [5, 5.41) is 10.2. The van der Waals surface area contributed by atoms with Crippen molar-refractivity contribution in [2.75, 3.05) is 0 Å². The SMILES string of the molecule is CC1CC(N)(C2CCCC2(C)O)C1. The highest BCUT2D eigenvalue weighted by molar-refractivity contribution is 5.09. The fourth-order valence-corrected chi connectivity index (χ4v) is 3.58. The van der Waals surface area contributed by atoms with Gasteiger partial charge in [-0.15, -0.1) is 0 Å². The average molecular weight is 183 g/mol. The summed E-state index contributed by atoms with van der Waals surface area (Å²) in [5.74, 6) is 1.11. The van der Waals surface area contributed by atoms with E-state index in [-0.39, 0.29) is 5.54 Å². The summed E-state index contributed by atoms with van der Waals surface area (Å²) in [6, 6.07) is 0. The lowest BCUT2D eigenvalue weighted by atomic mass is 9.60. The number of aliphatic hydroxyl groups is 1. The normalized spacial score (nSPS) is 56.3. The molecule has 0 aliphatic heterocycles. The average Bonchev–Trinajstić information content (AvgIpc) is 2.26. The molecule has 76 valence electrons. The van der Waals surface area contributed by atoms with E-state index in [4.69, 9.17) is 5.73 Å². The van der Waals surface area contributed by atoms with Crippen LogP contribution in [0.15, 0.2) is 0 Å². The predicted octanol–water partition coefficient (Wildman–Crippen LogP) is 1.66. The Morgan fingerprint density at radius 3 is 2.38 bits per heavy atom. The smallest absolute Gasteiger partial charge is 0.0665 e. The van der Waals surface area contributed by atoms with E-state index in [0.29, 0.717) is 5.92 Å². The van der Waals surface area contributed by atoms with E-state index in [2.05, 4.69) is 6.92 Å². The van der Waals surface area contributed by atoms with E-state index in [1.807, 2.05) is 6.92 Å². The zero-order valence-electron chi connectivity index (χ0n) is 8.71. The lowest BCUT2D eigenvalue weighted by Crippen LogP contribution is -2.61. The topological polar surface area (TPSA) is 46.2 Å². The van der Waals surface area contributed by atoms with Crippen LogP contribution in [0.25, 0.3) is 0 Å². The van der Waals surface area contributed by atoms with Crippen LogP contribution in [0.2, 0.25) is 0 Å². The second-order valence-electron chi connectivity index (χ2n) is 5.55. The molecule has 3 N–H and O–H groups in total. The molecule has 2 rings (SSSR count).